The van der Waals surface area contributed by atoms with Gasteiger partial charge in [-0.1, -0.05) is 18.2 Å². The van der Waals surface area contributed by atoms with Gasteiger partial charge in [-0.05, 0) is 24.3 Å². The minimum Gasteiger partial charge on any atom is -0.494 e. The number of hydrogen-bond donors (Lipinski definition) is 0. The summed E-state index contributed by atoms with van der Waals surface area (Å²) in [5.74, 6) is 0.789. The summed E-state index contributed by atoms with van der Waals surface area (Å²) < 4.78 is 5.26. The Morgan fingerprint density at radius 2 is 1.86 bits per heavy atom. The predicted molar refractivity (Wildman–Crippen MR) is 99.9 cm³/mol. The number of methoxy groups -OCH3 is 1. The first-order chi connectivity index (χ1) is 13.7. The number of azo groups is 2. The van der Waals surface area contributed by atoms with Crippen LogP contribution in [0.15, 0.2) is 87.6 Å². The lowest BCUT2D eigenvalue weighted by molar-refractivity contribution is -0.385. The van der Waals surface area contributed by atoms with Crippen LogP contribution in [0.1, 0.15) is 11.7 Å². The van der Waals surface area contributed by atoms with Gasteiger partial charge in [0.15, 0.2) is 5.82 Å². The van der Waals surface area contributed by atoms with Crippen LogP contribution in [0.3, 0.4) is 0 Å². The number of hydrogen-bond acceptors (Lipinski definition) is 9. The quantitative estimate of drug-likeness (QED) is 0.326. The molecule has 0 spiro atoms. The van der Waals surface area contributed by atoms with E-state index in [1.54, 1.807) is 43.8 Å². The maximum absolute atomic E-state index is 10.7. The Morgan fingerprint density at radius 1 is 1.04 bits per heavy atom. The van der Waals surface area contributed by atoms with Gasteiger partial charge < -0.3 is 4.74 Å². The van der Waals surface area contributed by atoms with Crippen LogP contribution in [0, 0.1) is 10.1 Å². The summed E-state index contributed by atoms with van der Waals surface area (Å²) in [6.07, 6.45) is 3.58. The van der Waals surface area contributed by atoms with Crippen LogP contribution in [0.5, 0.6) is 5.75 Å². The highest BCUT2D eigenvalue weighted by molar-refractivity contribution is 5.50. The maximum atomic E-state index is 10.7. The third-order valence-electron chi connectivity index (χ3n) is 3.56. The average molecular weight is 377 g/mol. The molecule has 3 rings (SSSR count). The van der Waals surface area contributed by atoms with Gasteiger partial charge in [0, 0.05) is 24.0 Å². The Labute approximate surface area is 159 Å². The minimum atomic E-state index is -0.768. The number of ether oxygens (including phenoxy) is 1. The molecule has 140 valence electrons. The first-order valence-corrected chi connectivity index (χ1v) is 8.12. The van der Waals surface area contributed by atoms with Crippen LogP contribution >= 0.6 is 0 Å². The molecule has 0 N–H and O–H groups in total. The molecule has 0 fully saturated rings. The molecule has 2 aromatic heterocycles. The van der Waals surface area contributed by atoms with E-state index in [2.05, 4.69) is 30.4 Å². The van der Waals surface area contributed by atoms with Crippen molar-refractivity contribution in [1.29, 1.82) is 0 Å². The van der Waals surface area contributed by atoms with Gasteiger partial charge in [0.2, 0.25) is 6.17 Å². The van der Waals surface area contributed by atoms with Crippen molar-refractivity contribution in [2.45, 2.75) is 6.17 Å². The highest BCUT2D eigenvalue weighted by atomic mass is 16.6. The monoisotopic (exact) mass is 377 g/mol. The van der Waals surface area contributed by atoms with Gasteiger partial charge >= 0.3 is 0 Å². The van der Waals surface area contributed by atoms with E-state index >= 15 is 0 Å². The van der Waals surface area contributed by atoms with Gasteiger partial charge in [-0.3, -0.25) is 15.1 Å². The summed E-state index contributed by atoms with van der Waals surface area (Å²) in [7, 11) is 1.55. The SMILES string of the molecule is COc1ccccc1N=NC(N=Nc1ccc([N+](=O)[O-])cn1)c1cccnc1. The third kappa shape index (κ3) is 4.75. The number of benzene rings is 1. The van der Waals surface area contributed by atoms with Crippen LogP contribution in [0.25, 0.3) is 0 Å². The molecule has 0 aliphatic heterocycles. The summed E-state index contributed by atoms with van der Waals surface area (Å²) in [6.45, 7) is 0. The van der Waals surface area contributed by atoms with Gasteiger partial charge in [-0.25, -0.2) is 4.98 Å². The van der Waals surface area contributed by atoms with Crippen molar-refractivity contribution in [3.05, 3.63) is 82.8 Å². The zero-order valence-electron chi connectivity index (χ0n) is 14.8. The van der Waals surface area contributed by atoms with Gasteiger partial charge in [0.1, 0.15) is 17.6 Å². The molecule has 28 heavy (non-hydrogen) atoms. The van der Waals surface area contributed by atoms with Crippen LogP contribution in [0.2, 0.25) is 0 Å². The smallest absolute Gasteiger partial charge is 0.287 e. The minimum absolute atomic E-state index is 0.126. The number of pyridine rings is 2. The van der Waals surface area contributed by atoms with Gasteiger partial charge in [0.25, 0.3) is 5.69 Å². The second kappa shape index (κ2) is 9.03. The number of rotatable bonds is 7. The summed E-state index contributed by atoms with van der Waals surface area (Å²) in [5, 5.41) is 27.3. The van der Waals surface area contributed by atoms with Crippen molar-refractivity contribution in [1.82, 2.24) is 9.97 Å². The lowest BCUT2D eigenvalue weighted by atomic mass is 10.2. The standard InChI is InChI=1S/C18H15N7O3/c1-28-16-7-3-2-6-15(16)21-23-18(13-5-4-10-19-11-13)24-22-17-9-8-14(12-20-17)25(26)27/h2-12,18H,1H3. The van der Waals surface area contributed by atoms with Gasteiger partial charge in [0.05, 0.1) is 12.0 Å². The topological polar surface area (TPSA) is 128 Å². The van der Waals surface area contributed by atoms with Crippen molar-refractivity contribution < 1.29 is 9.66 Å². The first-order valence-electron chi connectivity index (χ1n) is 8.12. The molecule has 1 aromatic carbocycles. The van der Waals surface area contributed by atoms with Gasteiger partial charge in [-0.2, -0.15) is 10.2 Å². The molecule has 0 saturated heterocycles. The molecule has 0 aliphatic rings. The summed E-state index contributed by atoms with van der Waals surface area (Å²) >= 11 is 0. The van der Waals surface area contributed by atoms with Crippen molar-refractivity contribution in [3.63, 3.8) is 0 Å². The first kappa shape index (κ1) is 18.7. The molecule has 2 heterocycles. The van der Waals surface area contributed by atoms with E-state index in [9.17, 15) is 10.1 Å². The average Bonchev–Trinajstić information content (AvgIpc) is 2.75. The van der Waals surface area contributed by atoms with Crippen LogP contribution in [0.4, 0.5) is 17.2 Å². The molecule has 0 amide bonds. The molecule has 1 unspecified atom stereocenters. The Bertz CT molecular complexity index is 992. The second-order valence-corrected chi connectivity index (χ2v) is 5.39. The summed E-state index contributed by atoms with van der Waals surface area (Å²) in [4.78, 5) is 18.1. The normalized spacial score (nSPS) is 12.3. The van der Waals surface area contributed by atoms with E-state index in [1.165, 1.54) is 12.1 Å². The van der Waals surface area contributed by atoms with Crippen molar-refractivity contribution in [3.8, 4) is 5.75 Å². The van der Waals surface area contributed by atoms with Gasteiger partial charge in [-0.15, -0.1) is 10.2 Å². The fourth-order valence-corrected chi connectivity index (χ4v) is 2.17. The van der Waals surface area contributed by atoms with Crippen molar-refractivity contribution >= 4 is 17.2 Å². The fraction of sp³-hybridized carbons (Fsp3) is 0.111. The Morgan fingerprint density at radius 3 is 2.54 bits per heavy atom. The van der Waals surface area contributed by atoms with Crippen LogP contribution < -0.4 is 4.74 Å². The zero-order chi connectivity index (χ0) is 19.8. The molecular weight excluding hydrogens is 362 g/mol. The molecule has 0 bridgehead atoms. The molecule has 0 radical (unpaired) electrons. The Hall–Kier alpha value is -4.08. The summed E-state index contributed by atoms with van der Waals surface area (Å²) in [5.41, 5.74) is 1.09. The van der Waals surface area contributed by atoms with E-state index in [0.29, 0.717) is 17.0 Å². The summed E-state index contributed by atoms with van der Waals surface area (Å²) in [6, 6.07) is 13.4. The molecule has 10 heteroatoms. The Kier molecular flexibility index (Phi) is 6.03. The molecular formula is C18H15N7O3. The van der Waals surface area contributed by atoms with E-state index in [0.717, 1.165) is 6.20 Å². The van der Waals surface area contributed by atoms with E-state index in [-0.39, 0.29) is 11.5 Å². The molecule has 3 aromatic rings. The van der Waals surface area contributed by atoms with Crippen molar-refractivity contribution in [2.24, 2.45) is 20.5 Å². The highest BCUT2D eigenvalue weighted by Crippen LogP contribution is 2.29. The van der Waals surface area contributed by atoms with Crippen LogP contribution in [-0.4, -0.2) is 22.0 Å². The third-order valence-corrected chi connectivity index (χ3v) is 3.56. The number of nitrogens with zero attached hydrogens (tertiary/aromatic N) is 7. The number of aromatic nitrogens is 2. The fourth-order valence-electron chi connectivity index (χ4n) is 2.17. The lowest BCUT2D eigenvalue weighted by Gasteiger charge is -2.06. The Balaban J connectivity index is 1.87. The van der Waals surface area contributed by atoms with E-state index < -0.39 is 11.1 Å². The lowest BCUT2D eigenvalue weighted by Crippen LogP contribution is -1.92. The zero-order valence-corrected chi connectivity index (χ0v) is 14.8. The molecule has 0 saturated carbocycles. The largest absolute Gasteiger partial charge is 0.494 e. The molecule has 10 nitrogen and oxygen atoms in total. The molecule has 1 atom stereocenters. The van der Waals surface area contributed by atoms with Crippen molar-refractivity contribution in [2.75, 3.05) is 7.11 Å². The van der Waals surface area contributed by atoms with Crippen LogP contribution in [-0.2, 0) is 0 Å². The molecule has 0 aliphatic carbocycles. The maximum Gasteiger partial charge on any atom is 0.287 e. The number of para-hydroxylation sites is 1. The van der Waals surface area contributed by atoms with E-state index in [4.69, 9.17) is 4.74 Å². The second-order valence-electron chi connectivity index (χ2n) is 5.39. The predicted octanol–water partition coefficient (Wildman–Crippen LogP) is 4.96. The number of nitro groups is 1. The van der Waals surface area contributed by atoms with E-state index in [1.807, 2.05) is 12.1 Å². The highest BCUT2D eigenvalue weighted by Gasteiger charge is 2.11.